The third-order valence-corrected chi connectivity index (χ3v) is 3.03. The molecule has 1 heterocycles. The molecule has 0 spiro atoms. The first-order chi connectivity index (χ1) is 9.25. The van der Waals surface area contributed by atoms with Crippen LogP contribution in [-0.4, -0.2) is 77.8 Å². The van der Waals surface area contributed by atoms with E-state index in [1.165, 1.54) is 0 Å². The summed E-state index contributed by atoms with van der Waals surface area (Å²) in [6, 6.07) is 0. The van der Waals surface area contributed by atoms with E-state index in [2.05, 4.69) is 0 Å². The Kier molecular flexibility index (Phi) is 8.73. The first-order valence-electron chi connectivity index (χ1n) is 6.73. The van der Waals surface area contributed by atoms with Gasteiger partial charge in [-0.25, -0.2) is 0 Å². The van der Waals surface area contributed by atoms with Crippen LogP contribution in [0, 0.1) is 5.92 Å². The van der Waals surface area contributed by atoms with Crippen LogP contribution in [0.3, 0.4) is 0 Å². The van der Waals surface area contributed by atoms with Gasteiger partial charge < -0.3 is 23.8 Å². The van der Waals surface area contributed by atoms with E-state index in [1.807, 2.05) is 0 Å². The molecule has 0 aromatic rings. The lowest BCUT2D eigenvalue weighted by atomic mass is 10.1. The van der Waals surface area contributed by atoms with Gasteiger partial charge in [-0.05, 0) is 6.42 Å². The molecule has 0 aromatic heterocycles. The molecule has 1 aliphatic rings. The summed E-state index contributed by atoms with van der Waals surface area (Å²) in [5, 5.41) is 0. The van der Waals surface area contributed by atoms with Crippen molar-refractivity contribution >= 4 is 5.91 Å². The SMILES string of the molecule is COCCOCCOCCN(C)C(=O)[C@@H]1CCOC1. The zero-order chi connectivity index (χ0) is 13.9. The summed E-state index contributed by atoms with van der Waals surface area (Å²) in [5.41, 5.74) is 0. The smallest absolute Gasteiger partial charge is 0.227 e. The van der Waals surface area contributed by atoms with Gasteiger partial charge in [0.05, 0.1) is 45.6 Å². The molecular weight excluding hydrogens is 250 g/mol. The van der Waals surface area contributed by atoms with Crippen molar-refractivity contribution in [1.82, 2.24) is 4.90 Å². The van der Waals surface area contributed by atoms with Gasteiger partial charge in [-0.1, -0.05) is 0 Å². The average Bonchev–Trinajstić information content (AvgIpc) is 2.94. The average molecular weight is 275 g/mol. The molecule has 0 saturated carbocycles. The second-order valence-corrected chi connectivity index (χ2v) is 4.54. The summed E-state index contributed by atoms with van der Waals surface area (Å²) in [4.78, 5) is 13.6. The first-order valence-corrected chi connectivity index (χ1v) is 6.73. The number of nitrogens with zero attached hydrogens (tertiary/aromatic N) is 1. The lowest BCUT2D eigenvalue weighted by molar-refractivity contribution is -0.134. The third-order valence-electron chi connectivity index (χ3n) is 3.03. The highest BCUT2D eigenvalue weighted by Gasteiger charge is 2.25. The molecule has 0 aliphatic carbocycles. The van der Waals surface area contributed by atoms with Crippen LogP contribution in [0.5, 0.6) is 0 Å². The van der Waals surface area contributed by atoms with Crippen LogP contribution in [0.15, 0.2) is 0 Å². The zero-order valence-electron chi connectivity index (χ0n) is 11.9. The second-order valence-electron chi connectivity index (χ2n) is 4.54. The van der Waals surface area contributed by atoms with Gasteiger partial charge in [0.15, 0.2) is 0 Å². The molecule has 1 fully saturated rings. The number of rotatable bonds is 10. The fourth-order valence-corrected chi connectivity index (χ4v) is 1.82. The van der Waals surface area contributed by atoms with Crippen molar-refractivity contribution in [2.75, 3.05) is 67.0 Å². The van der Waals surface area contributed by atoms with Gasteiger partial charge in [-0.2, -0.15) is 0 Å². The standard InChI is InChI=1S/C13H25NO5/c1-14(13(15)12-3-5-19-11-12)4-6-17-9-10-18-8-7-16-2/h12H,3-11H2,1-2H3/t12-/m1/s1. The Balaban J connectivity index is 1.94. The number of amides is 1. The van der Waals surface area contributed by atoms with Crippen LogP contribution in [0.1, 0.15) is 6.42 Å². The Bertz CT molecular complexity index is 243. The fourth-order valence-electron chi connectivity index (χ4n) is 1.82. The van der Waals surface area contributed by atoms with E-state index in [0.717, 1.165) is 6.42 Å². The molecule has 0 radical (unpaired) electrons. The summed E-state index contributed by atoms with van der Waals surface area (Å²) in [7, 11) is 3.45. The summed E-state index contributed by atoms with van der Waals surface area (Å²) in [6.07, 6.45) is 0.831. The number of methoxy groups -OCH3 is 1. The van der Waals surface area contributed by atoms with Crippen molar-refractivity contribution in [3.8, 4) is 0 Å². The molecule has 0 bridgehead atoms. The maximum absolute atomic E-state index is 11.9. The highest BCUT2D eigenvalue weighted by molar-refractivity contribution is 5.78. The topological polar surface area (TPSA) is 57.2 Å². The second kappa shape index (κ2) is 10.1. The number of hydrogen-bond donors (Lipinski definition) is 0. The van der Waals surface area contributed by atoms with E-state index in [9.17, 15) is 4.79 Å². The van der Waals surface area contributed by atoms with Gasteiger partial charge in [0.25, 0.3) is 0 Å². The first kappa shape index (κ1) is 16.4. The lowest BCUT2D eigenvalue weighted by Crippen LogP contribution is -2.35. The van der Waals surface area contributed by atoms with Crippen LogP contribution >= 0.6 is 0 Å². The molecule has 0 N–H and O–H groups in total. The highest BCUT2D eigenvalue weighted by Crippen LogP contribution is 2.14. The molecule has 1 atom stereocenters. The maximum atomic E-state index is 11.9. The Morgan fingerprint density at radius 3 is 2.53 bits per heavy atom. The van der Waals surface area contributed by atoms with Gasteiger partial charge in [-0.3, -0.25) is 4.79 Å². The summed E-state index contributed by atoms with van der Waals surface area (Å²) < 4.78 is 20.7. The van der Waals surface area contributed by atoms with Gasteiger partial charge >= 0.3 is 0 Å². The predicted molar refractivity (Wildman–Crippen MR) is 70.1 cm³/mol. The number of likely N-dealkylation sites (N-methyl/N-ethyl adjacent to an activating group) is 1. The Morgan fingerprint density at radius 2 is 1.89 bits per heavy atom. The molecule has 1 aliphatic heterocycles. The van der Waals surface area contributed by atoms with Gasteiger partial charge in [0.1, 0.15) is 0 Å². The van der Waals surface area contributed by atoms with Crippen molar-refractivity contribution in [3.63, 3.8) is 0 Å². The fraction of sp³-hybridized carbons (Fsp3) is 0.923. The monoisotopic (exact) mass is 275 g/mol. The quantitative estimate of drug-likeness (QED) is 0.532. The number of carbonyl (C=O) groups excluding carboxylic acids is 1. The van der Waals surface area contributed by atoms with Crippen LogP contribution in [-0.2, 0) is 23.7 Å². The van der Waals surface area contributed by atoms with Gasteiger partial charge in [-0.15, -0.1) is 0 Å². The van der Waals surface area contributed by atoms with E-state index in [-0.39, 0.29) is 11.8 Å². The van der Waals surface area contributed by atoms with Crippen molar-refractivity contribution in [2.45, 2.75) is 6.42 Å². The van der Waals surface area contributed by atoms with E-state index in [4.69, 9.17) is 18.9 Å². The summed E-state index contributed by atoms with van der Waals surface area (Å²) in [5.74, 6) is 0.180. The molecule has 1 amide bonds. The molecule has 19 heavy (non-hydrogen) atoms. The van der Waals surface area contributed by atoms with E-state index < -0.39 is 0 Å². The van der Waals surface area contributed by atoms with Crippen LogP contribution < -0.4 is 0 Å². The Hall–Kier alpha value is -0.690. The van der Waals surface area contributed by atoms with Crippen molar-refractivity contribution < 1.29 is 23.7 Å². The molecular formula is C13H25NO5. The number of hydrogen-bond acceptors (Lipinski definition) is 5. The summed E-state index contributed by atoms with van der Waals surface area (Å²) in [6.45, 7) is 4.66. The molecule has 0 unspecified atom stereocenters. The molecule has 6 heteroatoms. The molecule has 112 valence electrons. The van der Waals surface area contributed by atoms with E-state index in [0.29, 0.717) is 52.8 Å². The summed E-state index contributed by atoms with van der Waals surface area (Å²) >= 11 is 0. The number of ether oxygens (including phenoxy) is 4. The minimum Gasteiger partial charge on any atom is -0.382 e. The lowest BCUT2D eigenvalue weighted by Gasteiger charge is -2.20. The third kappa shape index (κ3) is 6.87. The van der Waals surface area contributed by atoms with E-state index in [1.54, 1.807) is 19.1 Å². The molecule has 1 saturated heterocycles. The highest BCUT2D eigenvalue weighted by atomic mass is 16.5. The molecule has 0 aromatic carbocycles. The van der Waals surface area contributed by atoms with Crippen LogP contribution in [0.25, 0.3) is 0 Å². The van der Waals surface area contributed by atoms with Gasteiger partial charge in [0.2, 0.25) is 5.91 Å². The Labute approximate surface area is 114 Å². The number of carbonyl (C=O) groups is 1. The largest absolute Gasteiger partial charge is 0.382 e. The minimum atomic E-state index is 0.0300. The van der Waals surface area contributed by atoms with Gasteiger partial charge in [0, 0.05) is 27.3 Å². The van der Waals surface area contributed by atoms with Crippen LogP contribution in [0.4, 0.5) is 0 Å². The van der Waals surface area contributed by atoms with Crippen molar-refractivity contribution in [1.29, 1.82) is 0 Å². The van der Waals surface area contributed by atoms with E-state index >= 15 is 0 Å². The predicted octanol–water partition coefficient (Wildman–Crippen LogP) is 0.161. The van der Waals surface area contributed by atoms with Crippen LogP contribution in [0.2, 0.25) is 0 Å². The minimum absolute atomic E-state index is 0.0300. The zero-order valence-corrected chi connectivity index (χ0v) is 11.9. The normalized spacial score (nSPS) is 18.7. The molecule has 1 rings (SSSR count). The van der Waals surface area contributed by atoms with Crippen molar-refractivity contribution in [2.24, 2.45) is 5.92 Å². The van der Waals surface area contributed by atoms with Crippen molar-refractivity contribution in [3.05, 3.63) is 0 Å². The Morgan fingerprint density at radius 1 is 1.21 bits per heavy atom. The molecule has 6 nitrogen and oxygen atoms in total. The maximum Gasteiger partial charge on any atom is 0.227 e.